The normalized spacial score (nSPS) is 9.29. The van der Waals surface area contributed by atoms with Crippen LogP contribution in [0.1, 0.15) is 6.92 Å². The maximum Gasteiger partial charge on any atom is 0.0267 e. The van der Waals surface area contributed by atoms with Crippen molar-refractivity contribution >= 4 is 40.0 Å². The Morgan fingerprint density at radius 2 is 1.79 bits per heavy atom. The second-order valence-electron chi connectivity index (χ2n) is 1.86. The van der Waals surface area contributed by atoms with E-state index in [1.54, 1.807) is 12.4 Å². The summed E-state index contributed by atoms with van der Waals surface area (Å²) in [6.07, 6.45) is 3.50. The van der Waals surface area contributed by atoms with Gasteiger partial charge in [0.2, 0.25) is 0 Å². The molecular weight excluding hydrogens is 217 g/mol. The number of hydrogen-bond donors (Lipinski definition) is 1. The maximum absolute atomic E-state index is 9.56. The van der Waals surface area contributed by atoms with E-state index in [1.165, 1.54) is 6.92 Å². The van der Waals surface area contributed by atoms with Crippen LogP contribution in [0.3, 0.4) is 0 Å². The zero-order valence-corrected chi connectivity index (χ0v) is 7.94. The van der Waals surface area contributed by atoms with Gasteiger partial charge in [0.25, 0.3) is 0 Å². The fourth-order valence-electron chi connectivity index (χ4n) is 0.462. The van der Waals surface area contributed by atoms with Crippen LogP contribution in [-0.4, -0.2) is 54.1 Å². The third-order valence-electron chi connectivity index (χ3n) is 0.833. The molecule has 0 aliphatic heterocycles. The first kappa shape index (κ1) is 16.4. The summed E-state index contributed by atoms with van der Waals surface area (Å²) in [6.45, 7) is 1.44. The van der Waals surface area contributed by atoms with Gasteiger partial charge in [0.15, 0.2) is 0 Å². The molecule has 76 valence electrons. The molecule has 0 aliphatic carbocycles. The van der Waals surface area contributed by atoms with E-state index >= 15 is 0 Å². The molecule has 0 spiro atoms. The number of rotatable bonds is 2. The summed E-state index contributed by atoms with van der Waals surface area (Å²) in [5, 5.41) is 0. The molecule has 1 heterocycles. The van der Waals surface area contributed by atoms with E-state index in [-0.39, 0.29) is 36.2 Å². The summed E-state index contributed by atoms with van der Waals surface area (Å²) < 4.78 is 30.7. The van der Waals surface area contributed by atoms with Gasteiger partial charge in [-0.15, -0.1) is 0 Å². The van der Waals surface area contributed by atoms with Gasteiger partial charge >= 0.3 is 40.0 Å². The Hall–Kier alpha value is 0.0200. The molecule has 1 aromatic rings. The molecule has 7 heteroatoms. The van der Waals surface area contributed by atoms with Gasteiger partial charge in [-0.2, -0.15) is 8.42 Å². The Balaban J connectivity index is 0. The number of nitrogens with zero attached hydrogens (tertiary/aromatic N) is 1. The van der Waals surface area contributed by atoms with E-state index in [0.29, 0.717) is 0 Å². The van der Waals surface area contributed by atoms with Crippen molar-refractivity contribution in [2.45, 2.75) is 6.92 Å². The minimum Gasteiger partial charge on any atom is -0.265 e. The van der Waals surface area contributed by atoms with Crippen molar-refractivity contribution in [2.75, 3.05) is 6.61 Å². The molecule has 1 rings (SSSR count). The van der Waals surface area contributed by atoms with Gasteiger partial charge in [-0.25, -0.2) is 4.18 Å². The first-order chi connectivity index (χ1) is 6.06. The number of aromatic nitrogens is 1. The maximum atomic E-state index is 9.56. The Kier molecular flexibility index (Phi) is 11.2. The largest absolute Gasteiger partial charge is 0.265 e. The molecule has 5 nitrogen and oxygen atoms in total. The fraction of sp³-hybridized carbons (Fsp3) is 0.286. The van der Waals surface area contributed by atoms with E-state index in [1.807, 2.05) is 18.2 Å². The van der Waals surface area contributed by atoms with Gasteiger partial charge in [0, 0.05) is 12.4 Å². The average Bonchev–Trinajstić information content (AvgIpc) is 2.06. The minimum absolute atomic E-state index is 0. The first-order valence-corrected chi connectivity index (χ1v) is 4.89. The van der Waals surface area contributed by atoms with Gasteiger partial charge in [0.1, 0.15) is 0 Å². The summed E-state index contributed by atoms with van der Waals surface area (Å²) in [7, 11) is -4.17. The van der Waals surface area contributed by atoms with Crippen molar-refractivity contribution < 1.29 is 17.2 Å². The molecule has 0 saturated heterocycles. The van der Waals surface area contributed by atoms with E-state index in [2.05, 4.69) is 9.17 Å². The molecule has 1 N–H and O–H groups in total. The number of pyridine rings is 1. The van der Waals surface area contributed by atoms with Crippen LogP contribution in [0.4, 0.5) is 0 Å². The van der Waals surface area contributed by atoms with Gasteiger partial charge < -0.3 is 0 Å². The van der Waals surface area contributed by atoms with E-state index in [0.717, 1.165) is 0 Å². The zero-order valence-electron chi connectivity index (χ0n) is 7.12. The Morgan fingerprint density at radius 3 is 1.86 bits per heavy atom. The minimum atomic E-state index is -4.17. The van der Waals surface area contributed by atoms with E-state index in [9.17, 15) is 8.42 Å². The van der Waals surface area contributed by atoms with Gasteiger partial charge in [-0.1, -0.05) is 6.07 Å². The first-order valence-electron chi connectivity index (χ1n) is 3.53. The Morgan fingerprint density at radius 1 is 1.29 bits per heavy atom. The topological polar surface area (TPSA) is 76.5 Å². The molecule has 0 unspecified atom stereocenters. The van der Waals surface area contributed by atoms with Crippen molar-refractivity contribution in [2.24, 2.45) is 0 Å². The third-order valence-corrected chi connectivity index (χ3v) is 1.37. The molecule has 0 amide bonds. The predicted octanol–water partition coefficient (Wildman–Crippen LogP) is 0.259. The summed E-state index contributed by atoms with van der Waals surface area (Å²) in [5.74, 6) is 0. The average molecular weight is 229 g/mol. The summed E-state index contributed by atoms with van der Waals surface area (Å²) in [5.41, 5.74) is 0. The van der Waals surface area contributed by atoms with Crippen LogP contribution in [0.2, 0.25) is 0 Å². The van der Waals surface area contributed by atoms with Crippen molar-refractivity contribution in [3.05, 3.63) is 30.6 Å². The third kappa shape index (κ3) is 14.5. The Labute approximate surface area is 106 Å². The Bertz CT molecular complexity index is 276. The van der Waals surface area contributed by atoms with Crippen LogP contribution in [0.5, 0.6) is 0 Å². The molecule has 0 aromatic carbocycles. The van der Waals surface area contributed by atoms with Crippen molar-refractivity contribution in [3.8, 4) is 0 Å². The van der Waals surface area contributed by atoms with Crippen LogP contribution < -0.4 is 0 Å². The van der Waals surface area contributed by atoms with Crippen LogP contribution in [-0.2, 0) is 14.6 Å². The van der Waals surface area contributed by atoms with E-state index < -0.39 is 10.4 Å². The summed E-state index contributed by atoms with van der Waals surface area (Å²) in [4.78, 5) is 3.78. The standard InChI is InChI=1S/C5H5N.C2H6O4S.Na.H/c1-2-4-6-5-3-1;1-2-6-7(3,4)5;;/h1-5H;2H2,1H3,(H,3,4,5);;. The molecule has 0 radical (unpaired) electrons. The second-order valence-corrected chi connectivity index (χ2v) is 2.95. The molecular formula is C7H12NNaO4S. The van der Waals surface area contributed by atoms with E-state index in [4.69, 9.17) is 4.55 Å². The molecule has 0 saturated carbocycles. The second kappa shape index (κ2) is 9.57. The molecule has 14 heavy (non-hydrogen) atoms. The molecule has 0 fully saturated rings. The summed E-state index contributed by atoms with van der Waals surface area (Å²) in [6, 6.07) is 5.72. The van der Waals surface area contributed by atoms with Crippen LogP contribution >= 0.6 is 0 Å². The monoisotopic (exact) mass is 229 g/mol. The quantitative estimate of drug-likeness (QED) is 0.581. The SMILES string of the molecule is CCOS(=O)(=O)O.[NaH].c1ccncc1. The van der Waals surface area contributed by atoms with Gasteiger partial charge in [-0.3, -0.25) is 9.54 Å². The molecule has 0 atom stereocenters. The molecule has 0 aliphatic rings. The van der Waals surface area contributed by atoms with Crippen LogP contribution in [0.25, 0.3) is 0 Å². The fourth-order valence-corrected chi connectivity index (χ4v) is 0.759. The van der Waals surface area contributed by atoms with Crippen molar-refractivity contribution in [1.29, 1.82) is 0 Å². The van der Waals surface area contributed by atoms with Crippen LogP contribution in [0, 0.1) is 0 Å². The molecule has 1 aromatic heterocycles. The van der Waals surface area contributed by atoms with Crippen molar-refractivity contribution in [3.63, 3.8) is 0 Å². The van der Waals surface area contributed by atoms with Gasteiger partial charge in [0.05, 0.1) is 6.61 Å². The summed E-state index contributed by atoms with van der Waals surface area (Å²) >= 11 is 0. The zero-order chi connectivity index (χ0) is 10.2. The predicted molar refractivity (Wildman–Crippen MR) is 54.6 cm³/mol. The molecule has 0 bridgehead atoms. The smallest absolute Gasteiger partial charge is 0.0267 e. The van der Waals surface area contributed by atoms with Gasteiger partial charge in [-0.05, 0) is 19.1 Å². The van der Waals surface area contributed by atoms with Crippen molar-refractivity contribution in [1.82, 2.24) is 4.98 Å². The van der Waals surface area contributed by atoms with Crippen LogP contribution in [0.15, 0.2) is 30.6 Å². The number of hydrogen-bond acceptors (Lipinski definition) is 4.